The molecule has 5 heteroatoms. The van der Waals surface area contributed by atoms with Crippen molar-refractivity contribution in [1.82, 2.24) is 19.5 Å². The van der Waals surface area contributed by atoms with Crippen LogP contribution >= 0.6 is 0 Å². The molecule has 11 rings (SSSR count). The van der Waals surface area contributed by atoms with Crippen molar-refractivity contribution in [2.75, 3.05) is 0 Å². The van der Waals surface area contributed by atoms with Crippen LogP contribution in [0.25, 0.3) is 89.5 Å². The number of fused-ring (bicyclic) bond motifs is 9. The highest BCUT2D eigenvalue weighted by atomic mass is 16.3. The monoisotopic (exact) mass is 666 g/mol. The molecule has 2 unspecified atom stereocenters. The minimum Gasteiger partial charge on any atom is -0.456 e. The third-order valence-corrected chi connectivity index (χ3v) is 10.6. The van der Waals surface area contributed by atoms with Gasteiger partial charge in [0.25, 0.3) is 0 Å². The maximum absolute atomic E-state index is 6.54. The summed E-state index contributed by atoms with van der Waals surface area (Å²) in [6.07, 6.45) is 13.6. The normalized spacial score (nSPS) is 16.2. The van der Waals surface area contributed by atoms with E-state index in [0.717, 1.165) is 49.7 Å². The zero-order valence-corrected chi connectivity index (χ0v) is 28.0. The molecule has 0 spiro atoms. The van der Waals surface area contributed by atoms with E-state index >= 15 is 0 Å². The lowest BCUT2D eigenvalue weighted by Gasteiger charge is -2.27. The van der Waals surface area contributed by atoms with Crippen LogP contribution in [0, 0.1) is 5.92 Å². The highest BCUT2D eigenvalue weighted by Crippen LogP contribution is 2.44. The highest BCUT2D eigenvalue weighted by molar-refractivity contribution is 6.07. The molecule has 0 radical (unpaired) electrons. The van der Waals surface area contributed by atoms with Crippen LogP contribution in [-0.4, -0.2) is 19.5 Å². The molecule has 2 atom stereocenters. The highest BCUT2D eigenvalue weighted by Gasteiger charge is 2.30. The van der Waals surface area contributed by atoms with Crippen LogP contribution in [0.15, 0.2) is 168 Å². The van der Waals surface area contributed by atoms with Crippen molar-refractivity contribution >= 4 is 49.7 Å². The zero-order valence-electron chi connectivity index (χ0n) is 28.0. The van der Waals surface area contributed by atoms with E-state index in [2.05, 4.69) is 144 Å². The van der Waals surface area contributed by atoms with Crippen molar-refractivity contribution in [3.63, 3.8) is 0 Å². The Labute approximate surface area is 299 Å². The van der Waals surface area contributed by atoms with E-state index < -0.39 is 0 Å². The van der Waals surface area contributed by atoms with Crippen LogP contribution < -0.4 is 0 Å². The van der Waals surface area contributed by atoms with Gasteiger partial charge in [-0.3, -0.25) is 0 Å². The molecule has 0 amide bonds. The van der Waals surface area contributed by atoms with E-state index in [1.807, 2.05) is 30.3 Å². The Bertz CT molecular complexity index is 2980. The molecule has 2 aliphatic carbocycles. The van der Waals surface area contributed by atoms with Gasteiger partial charge in [-0.05, 0) is 53.2 Å². The Balaban J connectivity index is 1.05. The molecular formula is C47H30N4O. The maximum atomic E-state index is 6.54. The smallest absolute Gasteiger partial charge is 0.164 e. The van der Waals surface area contributed by atoms with Gasteiger partial charge in [0, 0.05) is 61.6 Å². The largest absolute Gasteiger partial charge is 0.456 e. The average molecular weight is 667 g/mol. The lowest BCUT2D eigenvalue weighted by molar-refractivity contribution is 0.660. The first kappa shape index (κ1) is 28.9. The predicted molar refractivity (Wildman–Crippen MR) is 211 cm³/mol. The van der Waals surface area contributed by atoms with Crippen LogP contribution in [0.1, 0.15) is 17.2 Å². The number of nitrogens with zero attached hydrogens (tertiary/aromatic N) is 4. The van der Waals surface area contributed by atoms with Crippen molar-refractivity contribution in [3.8, 4) is 39.9 Å². The number of benzene rings is 6. The van der Waals surface area contributed by atoms with Crippen molar-refractivity contribution in [2.24, 2.45) is 5.92 Å². The molecule has 0 saturated heterocycles. The van der Waals surface area contributed by atoms with Crippen molar-refractivity contribution in [3.05, 3.63) is 175 Å². The van der Waals surface area contributed by atoms with E-state index in [9.17, 15) is 0 Å². The fourth-order valence-electron chi connectivity index (χ4n) is 8.08. The number of allylic oxidation sites excluding steroid dienone is 5. The van der Waals surface area contributed by atoms with Gasteiger partial charge in [-0.25, -0.2) is 15.0 Å². The number of aromatic nitrogens is 4. The number of para-hydroxylation sites is 1. The van der Waals surface area contributed by atoms with Gasteiger partial charge in [0.15, 0.2) is 17.5 Å². The first-order valence-electron chi connectivity index (χ1n) is 17.7. The molecule has 52 heavy (non-hydrogen) atoms. The molecule has 2 aliphatic rings. The second-order valence-corrected chi connectivity index (χ2v) is 13.6. The van der Waals surface area contributed by atoms with Gasteiger partial charge in [0.05, 0.1) is 5.52 Å². The molecule has 0 N–H and O–H groups in total. The summed E-state index contributed by atoms with van der Waals surface area (Å²) in [4.78, 5) is 15.0. The van der Waals surface area contributed by atoms with Crippen molar-refractivity contribution < 1.29 is 4.42 Å². The fraction of sp³-hybridized carbons (Fsp3) is 0.0426. The summed E-state index contributed by atoms with van der Waals surface area (Å²) in [6, 6.07) is 46.4. The van der Waals surface area contributed by atoms with Crippen molar-refractivity contribution in [1.29, 1.82) is 0 Å². The van der Waals surface area contributed by atoms with Crippen LogP contribution in [0.5, 0.6) is 0 Å². The number of hydrogen-bond acceptors (Lipinski definition) is 4. The summed E-state index contributed by atoms with van der Waals surface area (Å²) in [7, 11) is 0. The lowest BCUT2D eigenvalue weighted by Crippen LogP contribution is -2.16. The predicted octanol–water partition coefficient (Wildman–Crippen LogP) is 11.7. The summed E-state index contributed by atoms with van der Waals surface area (Å²) < 4.78 is 8.99. The molecule has 9 aromatic rings. The second kappa shape index (κ2) is 11.3. The second-order valence-electron chi connectivity index (χ2n) is 13.6. The molecule has 0 aliphatic heterocycles. The third-order valence-electron chi connectivity index (χ3n) is 10.6. The molecule has 3 heterocycles. The average Bonchev–Trinajstić information content (AvgIpc) is 3.76. The van der Waals surface area contributed by atoms with E-state index in [1.165, 1.54) is 27.5 Å². The minimum absolute atomic E-state index is 0.275. The Morgan fingerprint density at radius 1 is 0.500 bits per heavy atom. The summed E-state index contributed by atoms with van der Waals surface area (Å²) in [5.74, 6) is 2.48. The first-order chi connectivity index (χ1) is 25.7. The summed E-state index contributed by atoms with van der Waals surface area (Å²) in [5, 5.41) is 5.72. The Morgan fingerprint density at radius 3 is 2.12 bits per heavy atom. The first-order valence-corrected chi connectivity index (χ1v) is 17.7. The summed E-state index contributed by atoms with van der Waals surface area (Å²) >= 11 is 0. The lowest BCUT2D eigenvalue weighted by atomic mass is 9.80. The summed E-state index contributed by atoms with van der Waals surface area (Å²) in [5.41, 5.74) is 9.35. The Morgan fingerprint density at radius 2 is 1.23 bits per heavy atom. The molecule has 3 aromatic heterocycles. The maximum Gasteiger partial charge on any atom is 0.164 e. The van der Waals surface area contributed by atoms with Gasteiger partial charge in [0.1, 0.15) is 11.2 Å². The van der Waals surface area contributed by atoms with E-state index in [4.69, 9.17) is 19.4 Å². The Kier molecular flexibility index (Phi) is 6.31. The van der Waals surface area contributed by atoms with Gasteiger partial charge in [-0.2, -0.15) is 0 Å². The zero-order chi connectivity index (χ0) is 34.2. The molecule has 244 valence electrons. The number of rotatable bonds is 4. The standard InChI is InChI=1S/C47H30N4O/c1-2-12-31(13-3-1)45-48-46(33-19-18-29-10-4-5-14-32(29)26-33)50-47(49-45)34-21-23-38-40-28-35(22-25-42(40)52-43(38)27-34)51-41-17-9-8-16-37(41)39-24-20-30-11-6-7-15-36(30)44(39)51/h1-28,30,36H. The molecular weight excluding hydrogens is 637 g/mol. The van der Waals surface area contributed by atoms with Gasteiger partial charge < -0.3 is 8.98 Å². The molecule has 0 fully saturated rings. The fourth-order valence-corrected chi connectivity index (χ4v) is 8.08. The van der Waals surface area contributed by atoms with Gasteiger partial charge in [-0.15, -0.1) is 0 Å². The van der Waals surface area contributed by atoms with Crippen molar-refractivity contribution in [2.45, 2.75) is 5.92 Å². The van der Waals surface area contributed by atoms with E-state index in [-0.39, 0.29) is 5.92 Å². The van der Waals surface area contributed by atoms with E-state index in [1.54, 1.807) is 0 Å². The van der Waals surface area contributed by atoms with Gasteiger partial charge >= 0.3 is 0 Å². The summed E-state index contributed by atoms with van der Waals surface area (Å²) in [6.45, 7) is 0. The van der Waals surface area contributed by atoms with Crippen LogP contribution in [-0.2, 0) is 0 Å². The number of furan rings is 1. The molecule has 6 aromatic carbocycles. The number of hydrogen-bond donors (Lipinski definition) is 0. The Hall–Kier alpha value is -6.85. The molecule has 0 saturated carbocycles. The SMILES string of the molecule is C1=CC2C=Cc3c(n(-c4ccc5oc6cc(-c7nc(-c8ccccc8)nc(-c8ccc9ccccc9c8)n7)ccc6c5c4)c4ccccc34)C2C=C1. The topological polar surface area (TPSA) is 56.7 Å². The van der Waals surface area contributed by atoms with Crippen LogP contribution in [0.3, 0.4) is 0 Å². The molecule has 0 bridgehead atoms. The quantitative estimate of drug-likeness (QED) is 0.188. The third kappa shape index (κ3) is 4.53. The van der Waals surface area contributed by atoms with Gasteiger partial charge in [-0.1, -0.05) is 127 Å². The van der Waals surface area contributed by atoms with Crippen LogP contribution in [0.4, 0.5) is 0 Å². The van der Waals surface area contributed by atoms with E-state index in [0.29, 0.717) is 23.4 Å². The van der Waals surface area contributed by atoms with Gasteiger partial charge in [0.2, 0.25) is 0 Å². The van der Waals surface area contributed by atoms with Crippen LogP contribution in [0.2, 0.25) is 0 Å². The molecule has 5 nitrogen and oxygen atoms in total. The minimum atomic E-state index is 0.275.